The summed E-state index contributed by atoms with van der Waals surface area (Å²) in [5.41, 5.74) is 6.60. The third-order valence-corrected chi connectivity index (χ3v) is 13.3. The number of aliphatic carboxylic acids is 2. The van der Waals surface area contributed by atoms with Crippen molar-refractivity contribution in [2.45, 2.75) is 195 Å². The first-order valence-corrected chi connectivity index (χ1v) is 28.2. The zero-order chi connectivity index (χ0) is 58.9. The molecule has 0 bridgehead atoms. The predicted octanol–water partition coefficient (Wildman–Crippen LogP) is 2.73. The Morgan fingerprint density at radius 3 is 1.32 bits per heavy atom. The summed E-state index contributed by atoms with van der Waals surface area (Å²) in [4.78, 5) is 136. The number of carboxylic acid groups (broad SMARTS) is 2. The molecule has 13 N–H and O–H groups in total. The van der Waals surface area contributed by atoms with E-state index in [1.165, 1.54) is 23.9 Å². The first-order chi connectivity index (χ1) is 35.9. The maximum Gasteiger partial charge on any atom is 0.326 e. The minimum absolute atomic E-state index is 0.0455. The number of phenolic OH excluding ortho intramolecular Hbond substituents is 1. The van der Waals surface area contributed by atoms with Gasteiger partial charge in [0.15, 0.2) is 0 Å². The number of carbonyl (C=O) groups is 10. The summed E-state index contributed by atoms with van der Waals surface area (Å²) in [7, 11) is 0. The Bertz CT molecular complexity index is 2110. The number of amides is 8. The SMILES string of the molecule is CC[C@H](C)[C@H](NC(=O)[C@H](CCC(=O)O)NC(=O)[C@H](CC(C)C)NC(=O)[C@@H](NC(=O)[C@@H](N)CC(C)C)C(C)C)C(=O)N[C@@H](CC(C)C)C(=O)N[C@@H](Cc1ccc(O)cc1)C(=O)N[C@@H](CCSC)C(=O)N[C@@H](CC(C)C)C(=O)O. The van der Waals surface area contributed by atoms with Gasteiger partial charge in [-0.15, -0.1) is 0 Å². The first-order valence-electron chi connectivity index (χ1n) is 26.8. The number of thioether (sulfide) groups is 1. The van der Waals surface area contributed by atoms with Gasteiger partial charge in [0.25, 0.3) is 0 Å². The van der Waals surface area contributed by atoms with Crippen molar-refractivity contribution in [1.82, 2.24) is 42.5 Å². The summed E-state index contributed by atoms with van der Waals surface area (Å²) in [5, 5.41) is 50.8. The smallest absolute Gasteiger partial charge is 0.326 e. The maximum absolute atomic E-state index is 14.4. The summed E-state index contributed by atoms with van der Waals surface area (Å²) in [6.45, 7) is 21.5. The van der Waals surface area contributed by atoms with Crippen molar-refractivity contribution in [3.05, 3.63) is 29.8 Å². The monoisotopic (exact) mass is 1110 g/mol. The van der Waals surface area contributed by atoms with Crippen LogP contribution >= 0.6 is 11.8 Å². The van der Waals surface area contributed by atoms with Crippen LogP contribution in [0.5, 0.6) is 5.75 Å². The van der Waals surface area contributed by atoms with E-state index in [0.717, 1.165) is 0 Å². The highest BCUT2D eigenvalue weighted by Gasteiger charge is 2.37. The summed E-state index contributed by atoms with van der Waals surface area (Å²) in [6, 6.07) is -5.32. The van der Waals surface area contributed by atoms with Crippen LogP contribution in [0.4, 0.5) is 0 Å². The Kier molecular flexibility index (Phi) is 31.1. The summed E-state index contributed by atoms with van der Waals surface area (Å²) in [5.74, 6) is -9.63. The second-order valence-corrected chi connectivity index (χ2v) is 23.0. The Hall–Kier alpha value is -5.97. The van der Waals surface area contributed by atoms with Gasteiger partial charge in [0, 0.05) is 12.8 Å². The van der Waals surface area contributed by atoms with Crippen LogP contribution in [0.2, 0.25) is 0 Å². The second-order valence-electron chi connectivity index (χ2n) is 22.0. The normalized spacial score (nSPS) is 15.4. The van der Waals surface area contributed by atoms with Crippen molar-refractivity contribution >= 4 is 71.0 Å². The average molecular weight is 1110 g/mol. The van der Waals surface area contributed by atoms with Gasteiger partial charge in [0.2, 0.25) is 47.3 Å². The molecule has 0 aromatic heterocycles. The molecule has 0 heterocycles. The zero-order valence-corrected chi connectivity index (χ0v) is 48.3. The van der Waals surface area contributed by atoms with E-state index < -0.39 is 138 Å². The Labute approximate surface area is 459 Å². The van der Waals surface area contributed by atoms with Gasteiger partial charge in [-0.2, -0.15) is 11.8 Å². The highest BCUT2D eigenvalue weighted by atomic mass is 32.2. The molecule has 0 saturated heterocycles. The number of phenols is 1. The third-order valence-electron chi connectivity index (χ3n) is 12.6. The molecule has 0 aliphatic carbocycles. The van der Waals surface area contributed by atoms with Crippen LogP contribution in [0.3, 0.4) is 0 Å². The van der Waals surface area contributed by atoms with Gasteiger partial charge in [0.05, 0.1) is 6.04 Å². The summed E-state index contributed by atoms with van der Waals surface area (Å²) >= 11 is 1.40. The quantitative estimate of drug-likeness (QED) is 0.0460. The minimum atomic E-state index is -1.53. The standard InChI is InChI=1S/C54H91N9O13S/c1-14-33(12)45(63-48(69)37(19-20-43(65)66)56-49(70)39(24-29(4)5)59-52(73)44(32(10)11)62-46(67)36(55)23-28(2)3)53(74)60-40(25-30(6)7)50(71)58-41(27-34-15-17-35(64)18-16-34)51(72)57-38(21-22-77-13)47(68)61-42(54(75)76)26-31(8)9/h15-18,28-33,36-42,44-45,64H,14,19-27,55H2,1-13H3,(H,56,70)(H,57,72)(H,58,71)(H,59,73)(H,60,74)(H,61,68)(H,62,67)(H,63,69)(H,65,66)(H,75,76)/t33-,36-,37-,38-,39-,40-,41-,42-,44-,45-/m0/s1. The van der Waals surface area contributed by atoms with E-state index in [2.05, 4.69) is 42.5 Å². The van der Waals surface area contributed by atoms with Crippen molar-refractivity contribution in [2.24, 2.45) is 41.2 Å². The number of rotatable bonds is 36. The zero-order valence-electron chi connectivity index (χ0n) is 47.5. The lowest BCUT2D eigenvalue weighted by Gasteiger charge is -2.30. The molecule has 0 aliphatic heterocycles. The molecule has 0 aliphatic rings. The van der Waals surface area contributed by atoms with Gasteiger partial charge in [-0.1, -0.05) is 102 Å². The van der Waals surface area contributed by atoms with Crippen molar-refractivity contribution < 1.29 is 63.3 Å². The number of carboxylic acids is 2. The molecule has 436 valence electrons. The van der Waals surface area contributed by atoms with Gasteiger partial charge < -0.3 is 63.6 Å². The van der Waals surface area contributed by atoms with Crippen molar-refractivity contribution in [2.75, 3.05) is 12.0 Å². The van der Waals surface area contributed by atoms with Crippen LogP contribution < -0.4 is 48.3 Å². The number of nitrogens with one attached hydrogen (secondary N) is 8. The second kappa shape index (κ2) is 34.7. The predicted molar refractivity (Wildman–Crippen MR) is 295 cm³/mol. The van der Waals surface area contributed by atoms with Crippen molar-refractivity contribution in [3.63, 3.8) is 0 Å². The molecule has 10 atom stereocenters. The number of hydrogen-bond donors (Lipinski definition) is 12. The summed E-state index contributed by atoms with van der Waals surface area (Å²) in [6.07, 6.45) is 1.76. The molecule has 0 radical (unpaired) electrons. The fourth-order valence-electron chi connectivity index (χ4n) is 8.20. The van der Waals surface area contributed by atoms with Crippen LogP contribution in [-0.4, -0.2) is 141 Å². The van der Waals surface area contributed by atoms with Gasteiger partial charge in [-0.3, -0.25) is 43.2 Å². The fraction of sp³-hybridized carbons (Fsp3) is 0.704. The van der Waals surface area contributed by atoms with Crippen LogP contribution in [0.15, 0.2) is 24.3 Å². The number of benzene rings is 1. The molecular formula is C54H91N9O13S. The van der Waals surface area contributed by atoms with Gasteiger partial charge in [-0.25, -0.2) is 4.79 Å². The van der Waals surface area contributed by atoms with E-state index in [0.29, 0.717) is 24.2 Å². The van der Waals surface area contributed by atoms with Crippen LogP contribution in [0.1, 0.15) is 140 Å². The van der Waals surface area contributed by atoms with E-state index in [1.54, 1.807) is 87.6 Å². The highest BCUT2D eigenvalue weighted by Crippen LogP contribution is 2.17. The maximum atomic E-state index is 14.4. The molecule has 22 nitrogen and oxygen atoms in total. The molecule has 0 unspecified atom stereocenters. The number of hydrogen-bond acceptors (Lipinski definition) is 13. The lowest BCUT2D eigenvalue weighted by atomic mass is 9.95. The van der Waals surface area contributed by atoms with Gasteiger partial charge >= 0.3 is 11.9 Å². The first kappa shape index (κ1) is 69.0. The molecule has 0 saturated carbocycles. The van der Waals surface area contributed by atoms with Crippen LogP contribution in [0, 0.1) is 35.5 Å². The van der Waals surface area contributed by atoms with Gasteiger partial charge in [0.1, 0.15) is 54.1 Å². The molecule has 8 amide bonds. The van der Waals surface area contributed by atoms with Gasteiger partial charge in [-0.05, 0) is 104 Å². The molecule has 23 heteroatoms. The molecule has 1 aromatic rings. The molecule has 1 rings (SSSR count). The van der Waals surface area contributed by atoms with Crippen molar-refractivity contribution in [3.8, 4) is 5.75 Å². The molecule has 77 heavy (non-hydrogen) atoms. The van der Waals surface area contributed by atoms with Crippen LogP contribution in [-0.2, 0) is 54.4 Å². The van der Waals surface area contributed by atoms with E-state index in [9.17, 15) is 63.3 Å². The van der Waals surface area contributed by atoms with E-state index in [4.69, 9.17) is 5.73 Å². The summed E-state index contributed by atoms with van der Waals surface area (Å²) < 4.78 is 0. The average Bonchev–Trinajstić information content (AvgIpc) is 3.33. The molecule has 0 spiro atoms. The minimum Gasteiger partial charge on any atom is -0.508 e. The van der Waals surface area contributed by atoms with Crippen LogP contribution in [0.25, 0.3) is 0 Å². The molecule has 0 fully saturated rings. The fourth-order valence-corrected chi connectivity index (χ4v) is 8.67. The van der Waals surface area contributed by atoms with E-state index in [-0.39, 0.29) is 61.5 Å². The molecular weight excluding hydrogens is 1010 g/mol. The number of carbonyl (C=O) groups excluding carboxylic acids is 8. The lowest BCUT2D eigenvalue weighted by Crippen LogP contribution is -2.61. The van der Waals surface area contributed by atoms with E-state index in [1.807, 2.05) is 13.8 Å². The largest absolute Gasteiger partial charge is 0.508 e. The topological polar surface area (TPSA) is 354 Å². The number of nitrogens with two attached hydrogens (primary N) is 1. The third kappa shape index (κ3) is 26.3. The Morgan fingerprint density at radius 1 is 0.494 bits per heavy atom. The van der Waals surface area contributed by atoms with Crippen molar-refractivity contribution in [1.29, 1.82) is 0 Å². The molecule has 1 aromatic carbocycles. The Morgan fingerprint density at radius 2 is 0.883 bits per heavy atom. The number of aromatic hydroxyl groups is 1. The Balaban J connectivity index is 3.61. The highest BCUT2D eigenvalue weighted by molar-refractivity contribution is 7.98. The van der Waals surface area contributed by atoms with E-state index >= 15 is 0 Å². The lowest BCUT2D eigenvalue weighted by molar-refractivity contribution is -0.143.